The molecule has 5 aromatic rings. The zero-order chi connectivity index (χ0) is 31.1. The van der Waals surface area contributed by atoms with Crippen LogP contribution in [0.4, 0.5) is 13.2 Å². The molecule has 43 heavy (non-hydrogen) atoms. The summed E-state index contributed by atoms with van der Waals surface area (Å²) in [6.45, 7) is 1.59. The minimum Gasteiger partial charge on any atom is -0.480 e. The number of aryl methyl sites for hydroxylation is 1. The number of hydrogen-bond acceptors (Lipinski definition) is 5. The fourth-order valence-electron chi connectivity index (χ4n) is 4.43. The first-order chi connectivity index (χ1) is 20.3. The molecule has 0 saturated carbocycles. The number of amides is 1. The van der Waals surface area contributed by atoms with Crippen LogP contribution in [0.15, 0.2) is 66.7 Å². The molecule has 222 valence electrons. The van der Waals surface area contributed by atoms with Crippen LogP contribution >= 0.6 is 23.2 Å². The van der Waals surface area contributed by atoms with Crippen LogP contribution in [0, 0.1) is 0 Å². The molecular weight excluding hydrogens is 610 g/mol. The molecule has 0 aliphatic carbocycles. The van der Waals surface area contributed by atoms with Gasteiger partial charge in [-0.3, -0.25) is 14.3 Å². The number of benzene rings is 3. The van der Waals surface area contributed by atoms with Crippen molar-refractivity contribution < 1.29 is 32.6 Å². The number of carboxylic acids is 1. The average molecular weight is 632 g/mol. The van der Waals surface area contributed by atoms with Crippen LogP contribution in [0.3, 0.4) is 0 Å². The lowest BCUT2D eigenvalue weighted by molar-refractivity contribution is -0.274. The standard InChI is InChI=1S/C29H22Cl2F3N5O4/c1-15(28(41)42)35-27(40)17-5-3-16(4-6-17)14-39-25(13-23(37-39)18-9-19(30)11-20(31)10-18)26-36-22-8-7-21(43-29(32,33)34)12-24(22)38(26)2/h3-13,15H,14H2,1-2H3,(H,35,40)(H,41,42)/t15-/m0/s1. The van der Waals surface area contributed by atoms with Gasteiger partial charge in [-0.15, -0.1) is 13.2 Å². The summed E-state index contributed by atoms with van der Waals surface area (Å²) >= 11 is 12.5. The Balaban J connectivity index is 1.54. The summed E-state index contributed by atoms with van der Waals surface area (Å²) in [6.07, 6.45) is -4.84. The minimum atomic E-state index is -4.84. The number of carboxylic acid groups (broad SMARTS) is 1. The van der Waals surface area contributed by atoms with Crippen LogP contribution < -0.4 is 10.1 Å². The molecule has 0 aliphatic rings. The second-order valence-corrected chi connectivity index (χ2v) is 10.5. The van der Waals surface area contributed by atoms with E-state index in [0.29, 0.717) is 43.9 Å². The van der Waals surface area contributed by atoms with Crippen molar-refractivity contribution in [3.63, 3.8) is 0 Å². The van der Waals surface area contributed by atoms with Crippen LogP contribution in [0.5, 0.6) is 5.75 Å². The predicted octanol–water partition coefficient (Wildman–Crippen LogP) is 6.56. The summed E-state index contributed by atoms with van der Waals surface area (Å²) in [4.78, 5) is 28.1. The van der Waals surface area contributed by atoms with Crippen LogP contribution in [0.2, 0.25) is 10.0 Å². The number of alkyl halides is 3. The molecule has 1 amide bonds. The summed E-state index contributed by atoms with van der Waals surface area (Å²) in [6, 6.07) is 16.1. The van der Waals surface area contributed by atoms with Gasteiger partial charge in [-0.2, -0.15) is 5.10 Å². The number of aromatic nitrogens is 4. The van der Waals surface area contributed by atoms with Crippen LogP contribution in [-0.4, -0.2) is 48.7 Å². The molecule has 0 fully saturated rings. The molecule has 3 aromatic carbocycles. The molecule has 0 saturated heterocycles. The predicted molar refractivity (Wildman–Crippen MR) is 154 cm³/mol. The number of fused-ring (bicyclic) bond motifs is 1. The topological polar surface area (TPSA) is 111 Å². The van der Waals surface area contributed by atoms with E-state index < -0.39 is 24.3 Å². The lowest BCUT2D eigenvalue weighted by atomic mass is 10.1. The van der Waals surface area contributed by atoms with Crippen molar-refractivity contribution in [2.24, 2.45) is 7.05 Å². The maximum absolute atomic E-state index is 12.8. The van der Waals surface area contributed by atoms with Gasteiger partial charge in [0.15, 0.2) is 5.82 Å². The molecule has 5 rings (SSSR count). The van der Waals surface area contributed by atoms with E-state index in [9.17, 15) is 22.8 Å². The Morgan fingerprint density at radius 1 is 1.02 bits per heavy atom. The molecule has 1 atom stereocenters. The fraction of sp³-hybridized carbons (Fsp3) is 0.172. The Bertz CT molecular complexity index is 1830. The van der Waals surface area contributed by atoms with Crippen molar-refractivity contribution in [1.29, 1.82) is 0 Å². The number of carbonyl (C=O) groups excluding carboxylic acids is 1. The van der Waals surface area contributed by atoms with E-state index in [4.69, 9.17) is 33.4 Å². The van der Waals surface area contributed by atoms with Gasteiger partial charge >= 0.3 is 12.3 Å². The number of imidazole rings is 1. The Morgan fingerprint density at radius 2 is 1.70 bits per heavy atom. The third kappa shape index (κ3) is 6.76. The van der Waals surface area contributed by atoms with Crippen molar-refractivity contribution in [2.75, 3.05) is 0 Å². The Labute approximate surface area is 252 Å². The first-order valence-electron chi connectivity index (χ1n) is 12.7. The fourth-order valence-corrected chi connectivity index (χ4v) is 4.96. The van der Waals surface area contributed by atoms with E-state index in [2.05, 4.69) is 15.0 Å². The molecule has 0 spiro atoms. The smallest absolute Gasteiger partial charge is 0.480 e. The third-order valence-electron chi connectivity index (χ3n) is 6.52. The lowest BCUT2D eigenvalue weighted by Crippen LogP contribution is -2.38. The number of halogens is 5. The van der Waals surface area contributed by atoms with Gasteiger partial charge in [-0.1, -0.05) is 35.3 Å². The third-order valence-corrected chi connectivity index (χ3v) is 6.96. The van der Waals surface area contributed by atoms with Gasteiger partial charge in [0, 0.05) is 34.3 Å². The van der Waals surface area contributed by atoms with Crippen LogP contribution in [-0.2, 0) is 18.4 Å². The zero-order valence-electron chi connectivity index (χ0n) is 22.5. The van der Waals surface area contributed by atoms with Gasteiger partial charge in [0.25, 0.3) is 5.91 Å². The molecular formula is C29H22Cl2F3N5O4. The van der Waals surface area contributed by atoms with E-state index in [-0.39, 0.29) is 17.9 Å². The number of nitrogens with one attached hydrogen (secondary N) is 1. The van der Waals surface area contributed by atoms with E-state index in [0.717, 1.165) is 5.56 Å². The van der Waals surface area contributed by atoms with Gasteiger partial charge in [0.05, 0.1) is 23.3 Å². The summed E-state index contributed by atoms with van der Waals surface area (Å²) in [5.41, 5.74) is 3.57. The van der Waals surface area contributed by atoms with E-state index >= 15 is 0 Å². The summed E-state index contributed by atoms with van der Waals surface area (Å²) in [7, 11) is 1.67. The largest absolute Gasteiger partial charge is 0.573 e. The second-order valence-electron chi connectivity index (χ2n) is 9.65. The molecule has 9 nitrogen and oxygen atoms in total. The second kappa shape index (κ2) is 11.6. The van der Waals surface area contributed by atoms with Gasteiger partial charge < -0.3 is 19.7 Å². The number of ether oxygens (including phenoxy) is 1. The van der Waals surface area contributed by atoms with Crippen LogP contribution in [0.25, 0.3) is 33.8 Å². The number of nitrogens with zero attached hydrogens (tertiary/aromatic N) is 4. The molecule has 0 aliphatic heterocycles. The average Bonchev–Trinajstić information content (AvgIpc) is 3.48. The van der Waals surface area contributed by atoms with Crippen molar-refractivity contribution >= 4 is 46.1 Å². The van der Waals surface area contributed by atoms with Crippen molar-refractivity contribution in [3.05, 3.63) is 87.9 Å². The zero-order valence-corrected chi connectivity index (χ0v) is 24.0. The first-order valence-corrected chi connectivity index (χ1v) is 13.4. The van der Waals surface area contributed by atoms with E-state index in [1.807, 2.05) is 0 Å². The Hall–Kier alpha value is -4.55. The van der Waals surface area contributed by atoms with E-state index in [1.54, 1.807) is 64.8 Å². The maximum atomic E-state index is 12.8. The quantitative estimate of drug-likeness (QED) is 0.201. The highest BCUT2D eigenvalue weighted by Crippen LogP contribution is 2.33. The van der Waals surface area contributed by atoms with E-state index in [1.165, 1.54) is 25.1 Å². The maximum Gasteiger partial charge on any atom is 0.573 e. The molecule has 2 heterocycles. The van der Waals surface area contributed by atoms with Gasteiger partial charge in [-0.25, -0.2) is 4.98 Å². The Morgan fingerprint density at radius 3 is 2.33 bits per heavy atom. The van der Waals surface area contributed by atoms with Crippen molar-refractivity contribution in [2.45, 2.75) is 25.9 Å². The summed E-state index contributed by atoms with van der Waals surface area (Å²) < 4.78 is 45.9. The normalized spacial score (nSPS) is 12.3. The minimum absolute atomic E-state index is 0.225. The molecule has 0 bridgehead atoms. The van der Waals surface area contributed by atoms with Gasteiger partial charge in [0.2, 0.25) is 0 Å². The number of aliphatic carboxylic acids is 1. The number of hydrogen-bond donors (Lipinski definition) is 2. The highest BCUT2D eigenvalue weighted by molar-refractivity contribution is 6.35. The number of rotatable bonds is 8. The molecule has 2 N–H and O–H groups in total. The van der Waals surface area contributed by atoms with Gasteiger partial charge in [-0.05, 0) is 61.0 Å². The molecule has 0 unspecified atom stereocenters. The van der Waals surface area contributed by atoms with Crippen LogP contribution in [0.1, 0.15) is 22.8 Å². The van der Waals surface area contributed by atoms with Gasteiger partial charge in [0.1, 0.15) is 17.5 Å². The van der Waals surface area contributed by atoms with Crippen molar-refractivity contribution in [1.82, 2.24) is 24.6 Å². The molecule has 0 radical (unpaired) electrons. The highest BCUT2D eigenvalue weighted by Gasteiger charge is 2.31. The molecule has 14 heteroatoms. The summed E-state index contributed by atoms with van der Waals surface area (Å²) in [5, 5.41) is 17.0. The summed E-state index contributed by atoms with van der Waals surface area (Å²) in [5.74, 6) is -1.64. The number of carbonyl (C=O) groups is 2. The monoisotopic (exact) mass is 631 g/mol. The molecule has 2 aromatic heterocycles. The highest BCUT2D eigenvalue weighted by atomic mass is 35.5. The lowest BCUT2D eigenvalue weighted by Gasteiger charge is -2.11. The Kier molecular flexibility index (Phi) is 8.08. The van der Waals surface area contributed by atoms with Crippen molar-refractivity contribution in [3.8, 4) is 28.5 Å². The first kappa shape index (κ1) is 29.9. The SMILES string of the molecule is C[C@H](NC(=O)c1ccc(Cn2nc(-c3cc(Cl)cc(Cl)c3)cc2-c2nc3ccc(OC(F)(F)F)cc3n2C)cc1)C(=O)O.